The van der Waals surface area contributed by atoms with E-state index in [1.165, 1.54) is 0 Å². The molecule has 1 aliphatic heterocycles. The quantitative estimate of drug-likeness (QED) is 0.668. The van der Waals surface area contributed by atoms with Crippen molar-refractivity contribution in [1.82, 2.24) is 4.31 Å². The number of ketones is 1. The minimum absolute atomic E-state index is 0.0379. The van der Waals surface area contributed by atoms with Crippen molar-refractivity contribution >= 4 is 43.7 Å². The van der Waals surface area contributed by atoms with Crippen molar-refractivity contribution < 1.29 is 23.1 Å². The van der Waals surface area contributed by atoms with E-state index in [4.69, 9.17) is 0 Å². The summed E-state index contributed by atoms with van der Waals surface area (Å²) < 4.78 is 27.3. The van der Waals surface area contributed by atoms with Gasteiger partial charge in [-0.15, -0.1) is 11.3 Å². The molecule has 30 heavy (non-hydrogen) atoms. The molecular formula is C20H25N3O5S2. The normalized spacial score (nSPS) is 16.3. The molecule has 1 amide bonds. The van der Waals surface area contributed by atoms with Crippen molar-refractivity contribution in [1.29, 1.82) is 0 Å². The Bertz CT molecular complexity index is 1060. The zero-order valence-corrected chi connectivity index (χ0v) is 18.9. The molecule has 2 N–H and O–H groups in total. The van der Waals surface area contributed by atoms with Gasteiger partial charge in [0.1, 0.15) is 10.8 Å². The van der Waals surface area contributed by atoms with Gasteiger partial charge in [-0.25, -0.2) is 8.42 Å². The number of benzene rings is 1. The predicted molar refractivity (Wildman–Crippen MR) is 116 cm³/mol. The summed E-state index contributed by atoms with van der Waals surface area (Å²) in [4.78, 5) is 26.6. The van der Waals surface area contributed by atoms with E-state index in [2.05, 4.69) is 5.32 Å². The number of nitrogens with zero attached hydrogens (tertiary/aromatic N) is 2. The van der Waals surface area contributed by atoms with Gasteiger partial charge in [0.2, 0.25) is 0 Å². The van der Waals surface area contributed by atoms with Gasteiger partial charge < -0.3 is 15.3 Å². The zero-order valence-electron chi connectivity index (χ0n) is 17.2. The van der Waals surface area contributed by atoms with E-state index in [0.717, 1.165) is 21.3 Å². The first-order chi connectivity index (χ1) is 14.1. The number of amides is 1. The lowest BCUT2D eigenvalue weighted by Gasteiger charge is -2.27. The van der Waals surface area contributed by atoms with Crippen LogP contribution in [0.2, 0.25) is 0 Å². The van der Waals surface area contributed by atoms with E-state index in [9.17, 15) is 23.1 Å². The van der Waals surface area contributed by atoms with Crippen LogP contribution in [0.15, 0.2) is 34.5 Å². The van der Waals surface area contributed by atoms with E-state index in [0.29, 0.717) is 16.1 Å². The molecule has 8 nitrogen and oxygen atoms in total. The monoisotopic (exact) mass is 451 g/mol. The number of carbonyl (C=O) groups is 2. The van der Waals surface area contributed by atoms with Crippen LogP contribution in [-0.2, 0) is 21.4 Å². The second kappa shape index (κ2) is 8.46. The highest BCUT2D eigenvalue weighted by molar-refractivity contribution is 7.91. The number of anilines is 2. The maximum Gasteiger partial charge on any atom is 0.256 e. The number of fused-ring (bicyclic) bond motifs is 1. The Morgan fingerprint density at radius 2 is 1.87 bits per heavy atom. The first-order valence-corrected chi connectivity index (χ1v) is 11.7. The van der Waals surface area contributed by atoms with Crippen LogP contribution < -0.4 is 10.2 Å². The Labute approximate surface area is 180 Å². The lowest BCUT2D eigenvalue weighted by atomic mass is 10.00. The van der Waals surface area contributed by atoms with E-state index in [1.807, 2.05) is 31.1 Å². The van der Waals surface area contributed by atoms with Crippen LogP contribution in [0.1, 0.15) is 29.8 Å². The van der Waals surface area contributed by atoms with Crippen molar-refractivity contribution in [3.05, 3.63) is 41.5 Å². The second-order valence-corrected chi connectivity index (χ2v) is 10.8. The molecule has 1 atom stereocenters. The molecule has 1 aliphatic rings. The molecule has 0 radical (unpaired) electrons. The molecule has 2 aromatic rings. The summed E-state index contributed by atoms with van der Waals surface area (Å²) in [6.07, 6.45) is 0. The molecule has 0 spiro atoms. The van der Waals surface area contributed by atoms with Crippen molar-refractivity contribution in [2.45, 2.75) is 30.6 Å². The SMILES string of the molecule is CC(C)C(C(=O)CO)N1Cc2cc(NC(=O)c3ccc(N(C)C)cc3)sc2S1(=O)=O. The number of nitrogens with one attached hydrogen (secondary N) is 1. The van der Waals surface area contributed by atoms with Crippen molar-refractivity contribution in [2.24, 2.45) is 5.92 Å². The standard InChI is InChI=1S/C20H25N3O5S2/c1-12(2)18(16(25)11-24)23-10-14-9-17(29-20(14)30(23,27)28)21-19(26)13-5-7-15(8-6-13)22(3)4/h5-9,12,18,24H,10-11H2,1-4H3,(H,21,26). The lowest BCUT2D eigenvalue weighted by Crippen LogP contribution is -2.46. The number of hydrogen-bond donors (Lipinski definition) is 2. The van der Waals surface area contributed by atoms with Crippen LogP contribution in [0.4, 0.5) is 10.7 Å². The van der Waals surface area contributed by atoms with Gasteiger partial charge in [0, 0.05) is 37.5 Å². The minimum Gasteiger partial charge on any atom is -0.389 e. The largest absolute Gasteiger partial charge is 0.389 e. The Morgan fingerprint density at radius 3 is 2.37 bits per heavy atom. The lowest BCUT2D eigenvalue weighted by molar-refractivity contribution is -0.126. The summed E-state index contributed by atoms with van der Waals surface area (Å²) >= 11 is 0.969. The molecule has 1 aromatic carbocycles. The number of aliphatic hydroxyl groups excluding tert-OH is 1. The van der Waals surface area contributed by atoms with E-state index >= 15 is 0 Å². The number of rotatable bonds is 7. The molecular weight excluding hydrogens is 426 g/mol. The van der Waals surface area contributed by atoms with Gasteiger partial charge in [-0.3, -0.25) is 9.59 Å². The number of thiophene rings is 1. The highest BCUT2D eigenvalue weighted by Gasteiger charge is 2.44. The molecule has 162 valence electrons. The Kier molecular flexibility index (Phi) is 6.32. The number of Topliss-reactive ketones (excluding diaryl/α,β-unsaturated/α-hetero) is 1. The molecule has 0 fully saturated rings. The van der Waals surface area contributed by atoms with Gasteiger partial charge in [-0.1, -0.05) is 13.8 Å². The molecule has 0 bridgehead atoms. The molecule has 3 rings (SSSR count). The van der Waals surface area contributed by atoms with Crippen LogP contribution in [-0.4, -0.2) is 56.3 Å². The summed E-state index contributed by atoms with van der Waals surface area (Å²) in [7, 11) is -0.0640. The Morgan fingerprint density at radius 1 is 1.23 bits per heavy atom. The van der Waals surface area contributed by atoms with Gasteiger partial charge in [0.25, 0.3) is 15.9 Å². The third-order valence-electron chi connectivity index (χ3n) is 4.95. The Hall–Kier alpha value is -2.27. The first-order valence-electron chi connectivity index (χ1n) is 9.43. The first kappa shape index (κ1) is 22.4. The summed E-state index contributed by atoms with van der Waals surface area (Å²) in [5.74, 6) is -1.14. The highest BCUT2D eigenvalue weighted by atomic mass is 32.2. The summed E-state index contributed by atoms with van der Waals surface area (Å²) in [5.41, 5.74) is 1.96. The molecule has 10 heteroatoms. The van der Waals surface area contributed by atoms with Crippen molar-refractivity contribution in [3.8, 4) is 0 Å². The number of sulfonamides is 1. The summed E-state index contributed by atoms with van der Waals surface area (Å²) in [6, 6.07) is 7.78. The number of aliphatic hydroxyl groups is 1. The predicted octanol–water partition coefficient (Wildman–Crippen LogP) is 2.16. The summed E-state index contributed by atoms with van der Waals surface area (Å²) in [6.45, 7) is 2.81. The topological polar surface area (TPSA) is 107 Å². The zero-order chi connectivity index (χ0) is 22.2. The molecule has 0 saturated heterocycles. The minimum atomic E-state index is -3.88. The van der Waals surface area contributed by atoms with E-state index in [-0.39, 0.29) is 22.6 Å². The number of carbonyl (C=O) groups excluding carboxylic acids is 2. The van der Waals surface area contributed by atoms with Gasteiger partial charge in [-0.2, -0.15) is 4.31 Å². The molecule has 1 aromatic heterocycles. The molecule has 0 aliphatic carbocycles. The summed E-state index contributed by atoms with van der Waals surface area (Å²) in [5, 5.41) is 12.4. The van der Waals surface area contributed by atoms with Crippen LogP contribution in [0.5, 0.6) is 0 Å². The van der Waals surface area contributed by atoms with Crippen LogP contribution in [0.25, 0.3) is 0 Å². The van der Waals surface area contributed by atoms with Gasteiger partial charge in [-0.05, 0) is 36.2 Å². The van der Waals surface area contributed by atoms with E-state index < -0.39 is 28.5 Å². The second-order valence-electron chi connectivity index (χ2n) is 7.68. The fourth-order valence-corrected chi connectivity index (χ4v) is 6.88. The molecule has 2 heterocycles. The molecule has 1 unspecified atom stereocenters. The average molecular weight is 452 g/mol. The van der Waals surface area contributed by atoms with Crippen LogP contribution in [0, 0.1) is 5.92 Å². The van der Waals surface area contributed by atoms with Crippen molar-refractivity contribution in [2.75, 3.05) is 30.9 Å². The molecule has 0 saturated carbocycles. The smallest absolute Gasteiger partial charge is 0.256 e. The van der Waals surface area contributed by atoms with Crippen LogP contribution >= 0.6 is 11.3 Å². The Balaban J connectivity index is 1.80. The maximum atomic E-state index is 13.0. The van der Waals surface area contributed by atoms with Gasteiger partial charge in [0.15, 0.2) is 5.78 Å². The average Bonchev–Trinajstić information content (AvgIpc) is 3.19. The highest BCUT2D eigenvalue weighted by Crippen LogP contribution is 2.41. The van der Waals surface area contributed by atoms with Gasteiger partial charge in [0.05, 0.1) is 11.0 Å². The van der Waals surface area contributed by atoms with Crippen LogP contribution in [0.3, 0.4) is 0 Å². The van der Waals surface area contributed by atoms with Gasteiger partial charge >= 0.3 is 0 Å². The maximum absolute atomic E-state index is 13.0. The third-order valence-corrected chi connectivity index (χ3v) is 8.42. The fourth-order valence-electron chi connectivity index (χ4n) is 3.46. The van der Waals surface area contributed by atoms with Crippen molar-refractivity contribution in [3.63, 3.8) is 0 Å². The third kappa shape index (κ3) is 4.13. The van der Waals surface area contributed by atoms with E-state index in [1.54, 1.807) is 32.0 Å². The number of hydrogen-bond acceptors (Lipinski definition) is 7. The fraction of sp³-hybridized carbons (Fsp3) is 0.400.